The van der Waals surface area contributed by atoms with E-state index in [4.69, 9.17) is 5.73 Å². The van der Waals surface area contributed by atoms with Crippen molar-refractivity contribution >= 4 is 5.91 Å². The number of aryl methyl sites for hydroxylation is 1. The van der Waals surface area contributed by atoms with Crippen LogP contribution in [-0.2, 0) is 17.8 Å². The molecule has 0 unspecified atom stereocenters. The molecule has 4 heteroatoms. The van der Waals surface area contributed by atoms with Crippen molar-refractivity contribution in [1.29, 1.82) is 0 Å². The third-order valence-corrected chi connectivity index (χ3v) is 2.19. The molecule has 0 fully saturated rings. The molecule has 82 valence electrons. The number of nitrogens with two attached hydrogens (primary N) is 1. The van der Waals surface area contributed by atoms with Gasteiger partial charge in [0.25, 0.3) is 0 Å². The average Bonchev–Trinajstić information content (AvgIpc) is 2.27. The highest BCUT2D eigenvalue weighted by molar-refractivity contribution is 5.75. The van der Waals surface area contributed by atoms with Crippen LogP contribution in [0.4, 0.5) is 0 Å². The molecule has 1 aromatic rings. The summed E-state index contributed by atoms with van der Waals surface area (Å²) in [7, 11) is 0. The SMILES string of the molecule is CCc1cccnc1CNC(=O)CCN. The summed E-state index contributed by atoms with van der Waals surface area (Å²) in [6, 6.07) is 3.93. The van der Waals surface area contributed by atoms with E-state index in [1.54, 1.807) is 6.20 Å². The molecule has 0 saturated carbocycles. The monoisotopic (exact) mass is 207 g/mol. The second kappa shape index (κ2) is 6.14. The zero-order valence-corrected chi connectivity index (χ0v) is 8.99. The van der Waals surface area contributed by atoms with Crippen LogP contribution in [0, 0.1) is 0 Å². The number of carbonyl (C=O) groups excluding carboxylic acids is 1. The molecule has 1 heterocycles. The van der Waals surface area contributed by atoms with Crippen molar-refractivity contribution < 1.29 is 4.79 Å². The molecule has 4 nitrogen and oxygen atoms in total. The molecule has 0 saturated heterocycles. The zero-order valence-electron chi connectivity index (χ0n) is 8.99. The third-order valence-electron chi connectivity index (χ3n) is 2.19. The summed E-state index contributed by atoms with van der Waals surface area (Å²) in [6.07, 6.45) is 3.04. The number of nitrogens with one attached hydrogen (secondary N) is 1. The molecule has 0 aliphatic carbocycles. The summed E-state index contributed by atoms with van der Waals surface area (Å²) < 4.78 is 0. The van der Waals surface area contributed by atoms with Gasteiger partial charge < -0.3 is 11.1 Å². The number of rotatable bonds is 5. The van der Waals surface area contributed by atoms with E-state index in [0.717, 1.165) is 12.1 Å². The maximum absolute atomic E-state index is 11.2. The molecule has 0 bridgehead atoms. The summed E-state index contributed by atoms with van der Waals surface area (Å²) in [4.78, 5) is 15.4. The number of carbonyl (C=O) groups is 1. The van der Waals surface area contributed by atoms with Gasteiger partial charge in [0.15, 0.2) is 0 Å². The Balaban J connectivity index is 2.53. The minimum absolute atomic E-state index is 0.0230. The topological polar surface area (TPSA) is 68.0 Å². The lowest BCUT2D eigenvalue weighted by Crippen LogP contribution is -2.25. The predicted octanol–water partition coefficient (Wildman–Crippen LogP) is 0.609. The van der Waals surface area contributed by atoms with E-state index >= 15 is 0 Å². The van der Waals surface area contributed by atoms with Crippen LogP contribution in [0.3, 0.4) is 0 Å². The first kappa shape index (κ1) is 11.7. The van der Waals surface area contributed by atoms with Crippen molar-refractivity contribution in [3.63, 3.8) is 0 Å². The largest absolute Gasteiger partial charge is 0.350 e. The smallest absolute Gasteiger partial charge is 0.221 e. The van der Waals surface area contributed by atoms with Gasteiger partial charge in [0.05, 0.1) is 12.2 Å². The highest BCUT2D eigenvalue weighted by Crippen LogP contribution is 2.05. The number of amides is 1. The number of hydrogen-bond acceptors (Lipinski definition) is 3. The number of nitrogens with zero attached hydrogens (tertiary/aromatic N) is 1. The van der Waals surface area contributed by atoms with Crippen LogP contribution in [0.15, 0.2) is 18.3 Å². The van der Waals surface area contributed by atoms with E-state index in [1.807, 2.05) is 12.1 Å². The minimum Gasteiger partial charge on any atom is -0.350 e. The summed E-state index contributed by atoms with van der Waals surface area (Å²) in [5.74, 6) is -0.0230. The Bertz CT molecular complexity index is 325. The molecule has 1 amide bonds. The van der Waals surface area contributed by atoms with Crippen LogP contribution in [-0.4, -0.2) is 17.4 Å². The van der Waals surface area contributed by atoms with Crippen LogP contribution < -0.4 is 11.1 Å². The summed E-state index contributed by atoms with van der Waals surface area (Å²) >= 11 is 0. The van der Waals surface area contributed by atoms with Crippen LogP contribution in [0.1, 0.15) is 24.6 Å². The molecule has 0 aliphatic rings. The molecular formula is C11H17N3O. The van der Waals surface area contributed by atoms with Crippen molar-refractivity contribution in [3.8, 4) is 0 Å². The van der Waals surface area contributed by atoms with Gasteiger partial charge in [-0.25, -0.2) is 0 Å². The quantitative estimate of drug-likeness (QED) is 0.743. The lowest BCUT2D eigenvalue weighted by atomic mass is 10.1. The molecule has 1 rings (SSSR count). The van der Waals surface area contributed by atoms with Gasteiger partial charge in [0.1, 0.15) is 0 Å². The molecular weight excluding hydrogens is 190 g/mol. The van der Waals surface area contributed by atoms with E-state index in [0.29, 0.717) is 19.5 Å². The summed E-state index contributed by atoms with van der Waals surface area (Å²) in [6.45, 7) is 2.94. The van der Waals surface area contributed by atoms with E-state index < -0.39 is 0 Å². The van der Waals surface area contributed by atoms with Crippen molar-refractivity contribution in [3.05, 3.63) is 29.6 Å². The molecule has 0 atom stereocenters. The van der Waals surface area contributed by atoms with E-state index in [9.17, 15) is 4.79 Å². The lowest BCUT2D eigenvalue weighted by Gasteiger charge is -2.07. The van der Waals surface area contributed by atoms with Crippen molar-refractivity contribution in [2.75, 3.05) is 6.54 Å². The number of pyridine rings is 1. The predicted molar refractivity (Wildman–Crippen MR) is 59.1 cm³/mol. The van der Waals surface area contributed by atoms with Crippen LogP contribution in [0.5, 0.6) is 0 Å². The second-order valence-electron chi connectivity index (χ2n) is 3.28. The van der Waals surface area contributed by atoms with Crippen molar-refractivity contribution in [1.82, 2.24) is 10.3 Å². The number of hydrogen-bond donors (Lipinski definition) is 2. The summed E-state index contributed by atoms with van der Waals surface area (Å²) in [5.41, 5.74) is 7.39. The number of aromatic nitrogens is 1. The highest BCUT2D eigenvalue weighted by atomic mass is 16.1. The molecule has 3 N–H and O–H groups in total. The fourth-order valence-corrected chi connectivity index (χ4v) is 1.35. The molecule has 0 aliphatic heterocycles. The molecule has 15 heavy (non-hydrogen) atoms. The maximum Gasteiger partial charge on any atom is 0.221 e. The van der Waals surface area contributed by atoms with Gasteiger partial charge in [-0.2, -0.15) is 0 Å². The standard InChI is InChI=1S/C11H17N3O/c1-2-9-4-3-7-13-10(9)8-14-11(15)5-6-12/h3-4,7H,2,5-6,8,12H2,1H3,(H,14,15). The van der Waals surface area contributed by atoms with Gasteiger partial charge in [-0.15, -0.1) is 0 Å². The van der Waals surface area contributed by atoms with Gasteiger partial charge in [-0.3, -0.25) is 9.78 Å². The summed E-state index contributed by atoms with van der Waals surface area (Å²) in [5, 5.41) is 2.79. The van der Waals surface area contributed by atoms with Gasteiger partial charge in [0, 0.05) is 19.2 Å². The lowest BCUT2D eigenvalue weighted by molar-refractivity contribution is -0.121. The molecule has 0 spiro atoms. The van der Waals surface area contributed by atoms with Crippen molar-refractivity contribution in [2.24, 2.45) is 5.73 Å². The first-order valence-corrected chi connectivity index (χ1v) is 5.17. The van der Waals surface area contributed by atoms with Crippen LogP contribution >= 0.6 is 0 Å². The Labute approximate surface area is 89.9 Å². The normalized spacial score (nSPS) is 10.0. The van der Waals surface area contributed by atoms with E-state index in [-0.39, 0.29) is 5.91 Å². The van der Waals surface area contributed by atoms with Crippen LogP contribution in [0.2, 0.25) is 0 Å². The third kappa shape index (κ3) is 3.67. The van der Waals surface area contributed by atoms with Gasteiger partial charge >= 0.3 is 0 Å². The minimum atomic E-state index is -0.0230. The second-order valence-corrected chi connectivity index (χ2v) is 3.28. The Morgan fingerprint density at radius 3 is 3.07 bits per heavy atom. The van der Waals surface area contributed by atoms with Crippen LogP contribution in [0.25, 0.3) is 0 Å². The maximum atomic E-state index is 11.2. The zero-order chi connectivity index (χ0) is 11.1. The van der Waals surface area contributed by atoms with E-state index in [2.05, 4.69) is 17.2 Å². The van der Waals surface area contributed by atoms with Crippen molar-refractivity contribution in [2.45, 2.75) is 26.3 Å². The molecule has 1 aromatic heterocycles. The highest BCUT2D eigenvalue weighted by Gasteiger charge is 2.03. The average molecular weight is 207 g/mol. The molecule has 0 radical (unpaired) electrons. The fraction of sp³-hybridized carbons (Fsp3) is 0.455. The first-order valence-electron chi connectivity index (χ1n) is 5.17. The Morgan fingerprint density at radius 2 is 2.40 bits per heavy atom. The Morgan fingerprint density at radius 1 is 1.60 bits per heavy atom. The van der Waals surface area contributed by atoms with Gasteiger partial charge in [0.2, 0.25) is 5.91 Å². The van der Waals surface area contributed by atoms with Gasteiger partial charge in [-0.1, -0.05) is 13.0 Å². The Kier molecular flexibility index (Phi) is 4.77. The fourth-order valence-electron chi connectivity index (χ4n) is 1.35. The van der Waals surface area contributed by atoms with E-state index in [1.165, 1.54) is 5.56 Å². The first-order chi connectivity index (χ1) is 7.27. The molecule has 0 aromatic carbocycles. The Hall–Kier alpha value is -1.42. The van der Waals surface area contributed by atoms with Gasteiger partial charge in [-0.05, 0) is 18.1 Å².